The summed E-state index contributed by atoms with van der Waals surface area (Å²) in [4.78, 5) is 0. The highest BCUT2D eigenvalue weighted by molar-refractivity contribution is 6.01. The normalized spacial score (nSPS) is 10.4. The van der Waals surface area contributed by atoms with Gasteiger partial charge in [-0.3, -0.25) is 0 Å². The van der Waals surface area contributed by atoms with Crippen LogP contribution >= 0.6 is 0 Å². The van der Waals surface area contributed by atoms with Crippen molar-refractivity contribution in [3.8, 4) is 23.5 Å². The first-order valence-electron chi connectivity index (χ1n) is 7.24. The molecule has 0 saturated carbocycles. The van der Waals surface area contributed by atoms with E-state index in [-0.39, 0.29) is 11.1 Å². The van der Waals surface area contributed by atoms with Crippen molar-refractivity contribution in [2.75, 3.05) is 0 Å². The van der Waals surface area contributed by atoms with Gasteiger partial charge >= 0.3 is 0 Å². The summed E-state index contributed by atoms with van der Waals surface area (Å²) in [6, 6.07) is 15.5. The quantitative estimate of drug-likeness (QED) is 0.570. The van der Waals surface area contributed by atoms with Crippen LogP contribution in [0.4, 0.5) is 0 Å². The average molecular weight is 310 g/mol. The molecule has 0 fully saturated rings. The minimum absolute atomic E-state index is 0.283. The summed E-state index contributed by atoms with van der Waals surface area (Å²) in [7, 11) is 0. The Balaban J connectivity index is 2.26. The van der Waals surface area contributed by atoms with E-state index in [0.717, 1.165) is 10.8 Å². The van der Waals surface area contributed by atoms with Gasteiger partial charge in [0, 0.05) is 35.6 Å². The topological polar surface area (TPSA) is 83.2 Å². The first kappa shape index (κ1) is 13.7. The molecule has 4 rings (SSSR count). The molecule has 2 aromatic carbocycles. The van der Waals surface area contributed by atoms with Gasteiger partial charge in [-0.1, -0.05) is 24.3 Å². The lowest BCUT2D eigenvalue weighted by Crippen LogP contribution is -2.07. The number of rotatable bonds is 2. The fraction of sp³-hybridized carbons (Fsp3) is 0. The van der Waals surface area contributed by atoms with Crippen LogP contribution in [0.2, 0.25) is 0 Å². The molecule has 0 radical (unpaired) electrons. The number of hydrogen-bond acceptors (Lipinski definition) is 4. The SMILES string of the molecule is N#Cc1c(C#N)c(-n2cccn2)c2ccccc2c1-n1cccn1. The van der Waals surface area contributed by atoms with E-state index in [1.165, 1.54) is 0 Å². The molecule has 0 amide bonds. The van der Waals surface area contributed by atoms with E-state index in [1.54, 1.807) is 46.3 Å². The van der Waals surface area contributed by atoms with Crippen LogP contribution in [0.1, 0.15) is 11.1 Å². The predicted molar refractivity (Wildman–Crippen MR) is 87.6 cm³/mol. The Morgan fingerprint density at radius 2 is 1.17 bits per heavy atom. The summed E-state index contributed by atoms with van der Waals surface area (Å²) in [5.74, 6) is 0. The van der Waals surface area contributed by atoms with Crippen LogP contribution < -0.4 is 0 Å². The third-order valence-corrected chi connectivity index (χ3v) is 3.85. The Hall–Kier alpha value is -3.90. The predicted octanol–water partition coefficient (Wildman–Crippen LogP) is 2.95. The lowest BCUT2D eigenvalue weighted by Gasteiger charge is -2.15. The van der Waals surface area contributed by atoms with E-state index in [0.29, 0.717) is 11.4 Å². The van der Waals surface area contributed by atoms with Crippen molar-refractivity contribution >= 4 is 10.8 Å². The summed E-state index contributed by atoms with van der Waals surface area (Å²) in [5, 5.41) is 29.6. The van der Waals surface area contributed by atoms with Crippen LogP contribution in [0.5, 0.6) is 0 Å². The molecule has 0 atom stereocenters. The Morgan fingerprint density at radius 3 is 1.50 bits per heavy atom. The van der Waals surface area contributed by atoms with Gasteiger partial charge in [-0.2, -0.15) is 20.7 Å². The van der Waals surface area contributed by atoms with Crippen molar-refractivity contribution in [2.45, 2.75) is 0 Å². The second-order valence-corrected chi connectivity index (χ2v) is 5.12. The monoisotopic (exact) mass is 310 g/mol. The van der Waals surface area contributed by atoms with E-state index >= 15 is 0 Å². The fourth-order valence-electron chi connectivity index (χ4n) is 2.90. The minimum Gasteiger partial charge on any atom is -0.239 e. The maximum Gasteiger partial charge on any atom is 0.103 e. The Kier molecular flexibility index (Phi) is 3.08. The first-order valence-corrected chi connectivity index (χ1v) is 7.24. The molecule has 24 heavy (non-hydrogen) atoms. The van der Waals surface area contributed by atoms with Crippen molar-refractivity contribution < 1.29 is 0 Å². The number of fused-ring (bicyclic) bond motifs is 1. The number of nitriles is 2. The van der Waals surface area contributed by atoms with Crippen LogP contribution in [-0.2, 0) is 0 Å². The highest BCUT2D eigenvalue weighted by atomic mass is 15.3. The molecule has 6 heteroatoms. The van der Waals surface area contributed by atoms with Gasteiger partial charge in [0.25, 0.3) is 0 Å². The highest BCUT2D eigenvalue weighted by Crippen LogP contribution is 2.34. The van der Waals surface area contributed by atoms with Gasteiger partial charge < -0.3 is 0 Å². The van der Waals surface area contributed by atoms with Crippen LogP contribution in [0.15, 0.2) is 61.2 Å². The van der Waals surface area contributed by atoms with Crippen molar-refractivity contribution in [3.05, 3.63) is 72.3 Å². The summed E-state index contributed by atoms with van der Waals surface area (Å²) in [5.41, 5.74) is 1.77. The molecule has 0 saturated heterocycles. The zero-order valence-corrected chi connectivity index (χ0v) is 12.5. The Bertz CT molecular complexity index is 1020. The molecule has 2 aromatic heterocycles. The van der Waals surface area contributed by atoms with Gasteiger partial charge in [-0.25, -0.2) is 9.36 Å². The van der Waals surface area contributed by atoms with Gasteiger partial charge in [0.15, 0.2) is 0 Å². The minimum atomic E-state index is 0.283. The zero-order valence-electron chi connectivity index (χ0n) is 12.5. The lowest BCUT2D eigenvalue weighted by molar-refractivity contribution is 0.869. The van der Waals surface area contributed by atoms with Gasteiger partial charge in [0.05, 0.1) is 22.5 Å². The summed E-state index contributed by atoms with van der Waals surface area (Å²) < 4.78 is 3.24. The fourth-order valence-corrected chi connectivity index (χ4v) is 2.90. The van der Waals surface area contributed by atoms with Crippen LogP contribution in [0.25, 0.3) is 22.1 Å². The largest absolute Gasteiger partial charge is 0.239 e. The highest BCUT2D eigenvalue weighted by Gasteiger charge is 2.22. The number of nitrogens with zero attached hydrogens (tertiary/aromatic N) is 6. The molecular formula is C18H10N6. The Labute approximate surface area is 137 Å². The molecule has 0 aliphatic carbocycles. The van der Waals surface area contributed by atoms with Gasteiger partial charge in [-0.15, -0.1) is 0 Å². The molecule has 0 aliphatic heterocycles. The second-order valence-electron chi connectivity index (χ2n) is 5.12. The molecule has 0 bridgehead atoms. The van der Waals surface area contributed by atoms with E-state index in [4.69, 9.17) is 0 Å². The van der Waals surface area contributed by atoms with E-state index < -0.39 is 0 Å². The standard InChI is InChI=1S/C18H10N6/c19-11-15-16(12-20)18(24-10-4-8-22-24)14-6-2-1-5-13(14)17(15)23-9-3-7-21-23/h1-10H. The molecule has 0 N–H and O–H groups in total. The van der Waals surface area contributed by atoms with Gasteiger partial charge in [0.2, 0.25) is 0 Å². The molecule has 0 aliphatic rings. The zero-order chi connectivity index (χ0) is 16.5. The van der Waals surface area contributed by atoms with Crippen molar-refractivity contribution in [1.29, 1.82) is 10.5 Å². The third-order valence-electron chi connectivity index (χ3n) is 3.85. The van der Waals surface area contributed by atoms with Crippen molar-refractivity contribution in [2.24, 2.45) is 0 Å². The molecule has 6 nitrogen and oxygen atoms in total. The van der Waals surface area contributed by atoms with Crippen LogP contribution in [-0.4, -0.2) is 19.6 Å². The third kappa shape index (κ3) is 1.88. The second kappa shape index (κ2) is 5.38. The van der Waals surface area contributed by atoms with E-state index in [9.17, 15) is 10.5 Å². The smallest absolute Gasteiger partial charge is 0.103 e. The van der Waals surface area contributed by atoms with E-state index in [1.807, 2.05) is 24.3 Å². The summed E-state index contributed by atoms with van der Waals surface area (Å²) in [6.45, 7) is 0. The summed E-state index contributed by atoms with van der Waals surface area (Å²) >= 11 is 0. The molecule has 0 unspecified atom stereocenters. The van der Waals surface area contributed by atoms with Gasteiger partial charge in [0.1, 0.15) is 12.1 Å². The molecule has 112 valence electrons. The molecule has 4 aromatic rings. The molecule has 0 spiro atoms. The average Bonchev–Trinajstić information content (AvgIpc) is 3.33. The Morgan fingerprint density at radius 1 is 0.708 bits per heavy atom. The van der Waals surface area contributed by atoms with Crippen molar-refractivity contribution in [1.82, 2.24) is 19.6 Å². The maximum absolute atomic E-state index is 9.74. The van der Waals surface area contributed by atoms with Gasteiger partial charge in [-0.05, 0) is 12.1 Å². The number of aromatic nitrogens is 4. The molecule has 2 heterocycles. The van der Waals surface area contributed by atoms with E-state index in [2.05, 4.69) is 22.3 Å². The molecular weight excluding hydrogens is 300 g/mol. The number of benzene rings is 2. The van der Waals surface area contributed by atoms with Crippen LogP contribution in [0, 0.1) is 22.7 Å². The lowest BCUT2D eigenvalue weighted by atomic mass is 9.96. The summed E-state index contributed by atoms with van der Waals surface area (Å²) in [6.07, 6.45) is 6.81. The number of hydrogen-bond donors (Lipinski definition) is 0. The first-order chi connectivity index (χ1) is 11.8. The van der Waals surface area contributed by atoms with Crippen molar-refractivity contribution in [3.63, 3.8) is 0 Å². The maximum atomic E-state index is 9.74. The van der Waals surface area contributed by atoms with Crippen LogP contribution in [0.3, 0.4) is 0 Å².